The van der Waals surface area contributed by atoms with Gasteiger partial charge in [0, 0.05) is 25.2 Å². The Morgan fingerprint density at radius 3 is 1.93 bits per heavy atom. The Kier molecular flexibility index (Phi) is 31.9. The van der Waals surface area contributed by atoms with Gasteiger partial charge in [0.25, 0.3) is 7.82 Å². The summed E-state index contributed by atoms with van der Waals surface area (Å²) in [5, 5.41) is 31.4. The monoisotopic (exact) mass is 860 g/mol. The van der Waals surface area contributed by atoms with Crippen LogP contribution >= 0.6 is 7.82 Å². The van der Waals surface area contributed by atoms with E-state index < -0.39 is 50.8 Å². The van der Waals surface area contributed by atoms with E-state index in [0.29, 0.717) is 36.7 Å². The second kappa shape index (κ2) is 33.9. The van der Waals surface area contributed by atoms with Crippen molar-refractivity contribution >= 4 is 19.8 Å². The van der Waals surface area contributed by atoms with Gasteiger partial charge in [-0.15, -0.1) is 0 Å². The maximum Gasteiger partial charge on any atom is 0.306 e. The summed E-state index contributed by atoms with van der Waals surface area (Å²) in [6.45, 7) is 3.88. The van der Waals surface area contributed by atoms with Gasteiger partial charge in [-0.05, 0) is 57.3 Å². The van der Waals surface area contributed by atoms with Crippen molar-refractivity contribution in [1.82, 2.24) is 0 Å². The first-order chi connectivity index (χ1) is 28.2. The molecule has 0 aromatic carbocycles. The molecule has 0 bridgehead atoms. The van der Waals surface area contributed by atoms with E-state index in [4.69, 9.17) is 18.5 Å². The van der Waals surface area contributed by atoms with Gasteiger partial charge in [-0.2, -0.15) is 0 Å². The van der Waals surface area contributed by atoms with Crippen LogP contribution in [0.4, 0.5) is 0 Å². The zero-order valence-corrected chi connectivity index (χ0v) is 38.7. The number of allylic oxidation sites excluding steroid dienone is 2. The summed E-state index contributed by atoms with van der Waals surface area (Å²) < 4.78 is 33.9. The van der Waals surface area contributed by atoms with Crippen LogP contribution < -0.4 is 4.89 Å². The maximum absolute atomic E-state index is 12.7. The summed E-state index contributed by atoms with van der Waals surface area (Å²) >= 11 is 0. The van der Waals surface area contributed by atoms with E-state index in [1.807, 2.05) is 27.2 Å². The fourth-order valence-corrected chi connectivity index (χ4v) is 8.06. The Morgan fingerprint density at radius 1 is 0.746 bits per heavy atom. The molecule has 0 aromatic heterocycles. The summed E-state index contributed by atoms with van der Waals surface area (Å²) in [5.41, 5.74) is 0. The van der Waals surface area contributed by atoms with Crippen LogP contribution in [-0.4, -0.2) is 104 Å². The van der Waals surface area contributed by atoms with Crippen LogP contribution in [0.25, 0.3) is 0 Å². The molecule has 1 unspecified atom stereocenters. The minimum atomic E-state index is -4.68. The molecule has 0 amide bonds. The van der Waals surface area contributed by atoms with Crippen molar-refractivity contribution in [3.63, 3.8) is 0 Å². The maximum atomic E-state index is 12.7. The van der Waals surface area contributed by atoms with E-state index in [2.05, 4.69) is 26.0 Å². The lowest BCUT2D eigenvalue weighted by Crippen LogP contribution is -2.37. The highest BCUT2D eigenvalue weighted by Crippen LogP contribution is 2.39. The molecule has 0 aliphatic heterocycles. The van der Waals surface area contributed by atoms with Gasteiger partial charge in [-0.3, -0.25) is 14.2 Å². The molecule has 0 heterocycles. The van der Waals surface area contributed by atoms with Crippen molar-refractivity contribution in [2.45, 2.75) is 199 Å². The number of ether oxygens (including phenoxy) is 2. The first kappa shape index (κ1) is 55.4. The van der Waals surface area contributed by atoms with Crippen LogP contribution in [0.2, 0.25) is 0 Å². The molecular formula is C46H86NO11P. The molecule has 7 atom stereocenters. The number of rotatable bonds is 38. The van der Waals surface area contributed by atoms with Crippen LogP contribution in [0.15, 0.2) is 24.3 Å². The molecule has 59 heavy (non-hydrogen) atoms. The summed E-state index contributed by atoms with van der Waals surface area (Å²) in [5.74, 6) is -1.26. The van der Waals surface area contributed by atoms with Crippen LogP contribution in [0.3, 0.4) is 0 Å². The average Bonchev–Trinajstić information content (AvgIpc) is 3.44. The number of phosphoric ester groups is 1. The van der Waals surface area contributed by atoms with Crippen molar-refractivity contribution in [3.8, 4) is 0 Å². The lowest BCUT2D eigenvalue weighted by atomic mass is 9.88. The van der Waals surface area contributed by atoms with Crippen molar-refractivity contribution < 1.29 is 57.4 Å². The molecular weight excluding hydrogens is 773 g/mol. The van der Waals surface area contributed by atoms with Gasteiger partial charge < -0.3 is 43.2 Å². The highest BCUT2D eigenvalue weighted by atomic mass is 31.2. The molecule has 1 aliphatic carbocycles. The topological polar surface area (TPSA) is 172 Å². The number of phosphoric acid groups is 1. The van der Waals surface area contributed by atoms with Crippen LogP contribution in [0.1, 0.15) is 174 Å². The molecule has 0 radical (unpaired) electrons. The normalized spacial score (nSPS) is 20.6. The third-order valence-electron chi connectivity index (χ3n) is 11.0. The van der Waals surface area contributed by atoms with E-state index >= 15 is 0 Å². The van der Waals surface area contributed by atoms with Gasteiger partial charge in [0.15, 0.2) is 6.10 Å². The summed E-state index contributed by atoms with van der Waals surface area (Å²) in [6.07, 6.45) is 28.4. The van der Waals surface area contributed by atoms with Crippen molar-refractivity contribution in [2.75, 3.05) is 47.5 Å². The lowest BCUT2D eigenvalue weighted by molar-refractivity contribution is -0.870. The second-order valence-electron chi connectivity index (χ2n) is 17.7. The van der Waals surface area contributed by atoms with E-state index in [1.165, 1.54) is 38.5 Å². The number of esters is 2. The number of quaternary nitrogens is 1. The highest BCUT2D eigenvalue weighted by Gasteiger charge is 2.39. The number of hydrogen-bond acceptors (Lipinski definition) is 11. The third-order valence-corrected chi connectivity index (χ3v) is 12.0. The Morgan fingerprint density at radius 2 is 1.31 bits per heavy atom. The summed E-state index contributed by atoms with van der Waals surface area (Å²) in [7, 11) is 1.04. The smallest absolute Gasteiger partial charge is 0.306 e. The molecule has 13 heteroatoms. The molecule has 0 saturated heterocycles. The van der Waals surface area contributed by atoms with Crippen LogP contribution in [-0.2, 0) is 32.7 Å². The molecule has 1 fully saturated rings. The van der Waals surface area contributed by atoms with Crippen molar-refractivity contribution in [2.24, 2.45) is 11.8 Å². The van der Waals surface area contributed by atoms with E-state index in [-0.39, 0.29) is 37.9 Å². The Hall–Kier alpha value is -1.63. The molecule has 1 saturated carbocycles. The quantitative estimate of drug-likeness (QED) is 0.0178. The Balaban J connectivity index is 2.46. The van der Waals surface area contributed by atoms with Gasteiger partial charge in [0.2, 0.25) is 0 Å². The minimum absolute atomic E-state index is 0.0661. The fraction of sp³-hybridized carbons (Fsp3) is 0.870. The van der Waals surface area contributed by atoms with Crippen molar-refractivity contribution in [1.29, 1.82) is 0 Å². The van der Waals surface area contributed by atoms with Crippen LogP contribution in [0, 0.1) is 11.8 Å². The predicted octanol–water partition coefficient (Wildman–Crippen LogP) is 8.88. The highest BCUT2D eigenvalue weighted by molar-refractivity contribution is 7.45. The number of hydrogen-bond donors (Lipinski definition) is 3. The molecule has 3 N–H and O–H groups in total. The number of aliphatic hydroxyl groups excluding tert-OH is 3. The van der Waals surface area contributed by atoms with Gasteiger partial charge in [-0.25, -0.2) is 0 Å². The van der Waals surface area contributed by atoms with E-state index in [0.717, 1.165) is 83.5 Å². The molecule has 1 aliphatic rings. The fourth-order valence-electron chi connectivity index (χ4n) is 7.33. The molecule has 0 aromatic rings. The predicted molar refractivity (Wildman–Crippen MR) is 233 cm³/mol. The second-order valence-corrected chi connectivity index (χ2v) is 19.1. The van der Waals surface area contributed by atoms with E-state index in [9.17, 15) is 34.4 Å². The lowest BCUT2D eigenvalue weighted by Gasteiger charge is -2.28. The number of unbranched alkanes of at least 4 members (excludes halogenated alkanes) is 16. The summed E-state index contributed by atoms with van der Waals surface area (Å²) in [6, 6.07) is 0. The van der Waals surface area contributed by atoms with Gasteiger partial charge in [0.1, 0.15) is 19.8 Å². The minimum Gasteiger partial charge on any atom is -0.756 e. The number of aliphatic hydroxyl groups is 3. The SMILES string of the molecule is CCCCCCCC/C=C\CCCCCCCC(=O)O[C@H](COC(=O)CCCCCC[C@@H]1[C@@H](/C=C/[C@@H](O)CCCCC)[C@H](O)C[C@@H]1O)COP(=O)([O-])OCC[N+](C)(C)C. The van der Waals surface area contributed by atoms with Gasteiger partial charge in [-0.1, -0.05) is 128 Å². The van der Waals surface area contributed by atoms with Crippen molar-refractivity contribution in [3.05, 3.63) is 24.3 Å². The largest absolute Gasteiger partial charge is 0.756 e. The Bertz CT molecular complexity index is 1180. The average molecular weight is 860 g/mol. The van der Waals surface area contributed by atoms with Gasteiger partial charge >= 0.3 is 11.9 Å². The first-order valence-corrected chi connectivity index (χ1v) is 24.8. The van der Waals surface area contributed by atoms with Gasteiger partial charge in [0.05, 0.1) is 46.1 Å². The third kappa shape index (κ3) is 31.0. The van der Waals surface area contributed by atoms with Crippen LogP contribution in [0.5, 0.6) is 0 Å². The molecule has 1 rings (SSSR count). The molecule has 0 spiro atoms. The first-order valence-electron chi connectivity index (χ1n) is 23.3. The standard InChI is InChI=1S/C46H86NO11P/c1-6-8-10-11-12-13-14-15-16-17-18-19-20-21-27-31-46(52)58-40(38-57-59(53,54)56-35-34-47(3,4)5)37-55-45(51)30-26-23-22-25-29-41-42(44(50)36-43(41)49)33-32-39(48)28-24-9-7-2/h15-16,32-33,39-44,48-50H,6-14,17-31,34-38H2,1-5H3/b16-15-,33-32+/t39-,40+,41+,42+,43-,44+/m0/s1. The number of carbonyl (C=O) groups excluding carboxylic acids is 2. The number of likely N-dealkylation sites (N-methyl/N-ethyl adjacent to an activating group) is 1. The molecule has 12 nitrogen and oxygen atoms in total. The number of carbonyl (C=O) groups is 2. The summed E-state index contributed by atoms with van der Waals surface area (Å²) in [4.78, 5) is 37.8. The van der Waals surface area contributed by atoms with E-state index in [1.54, 1.807) is 6.08 Å². The molecule has 346 valence electrons. The Labute approximate surface area is 358 Å². The number of nitrogens with zero attached hydrogens (tertiary/aromatic N) is 1. The zero-order chi connectivity index (χ0) is 43.8. The zero-order valence-electron chi connectivity index (χ0n) is 37.8.